The summed E-state index contributed by atoms with van der Waals surface area (Å²) in [6.07, 6.45) is 0. The van der Waals surface area contributed by atoms with Crippen LogP contribution in [-0.4, -0.2) is 0 Å². The topological polar surface area (TPSA) is 13.1 Å². The molecule has 0 radical (unpaired) electrons. The van der Waals surface area contributed by atoms with Gasteiger partial charge >= 0.3 is 0 Å². The highest BCUT2D eigenvalue weighted by atomic mass is 79.9. The molecule has 0 aliphatic rings. The van der Waals surface area contributed by atoms with Crippen LogP contribution in [0.3, 0.4) is 0 Å². The summed E-state index contributed by atoms with van der Waals surface area (Å²) in [4.78, 5) is 0. The highest BCUT2D eigenvalue weighted by Gasteiger charge is 2.02. The molecule has 1 nitrogen and oxygen atoms in total. The van der Waals surface area contributed by atoms with E-state index in [9.17, 15) is 4.39 Å². The minimum Gasteiger partial charge on any atom is -0.458 e. The zero-order chi connectivity index (χ0) is 8.55. The molecule has 1 aromatic carbocycles. The molecule has 0 unspecified atom stereocenters. The van der Waals surface area contributed by atoms with Gasteiger partial charge in [0.2, 0.25) is 0 Å². The van der Waals surface area contributed by atoms with Gasteiger partial charge in [0.1, 0.15) is 18.0 Å². The van der Waals surface area contributed by atoms with Gasteiger partial charge in [-0.3, -0.25) is 0 Å². The molecule has 12 heavy (non-hydrogen) atoms. The molecule has 0 aliphatic heterocycles. The Morgan fingerprint density at radius 3 is 2.92 bits per heavy atom. The lowest BCUT2D eigenvalue weighted by molar-refractivity contribution is 0.407. The van der Waals surface area contributed by atoms with E-state index in [0.29, 0.717) is 5.76 Å². The van der Waals surface area contributed by atoms with E-state index < -0.39 is 6.67 Å². The first-order chi connectivity index (χ1) is 5.79. The second kappa shape index (κ2) is 2.90. The van der Waals surface area contributed by atoms with Crippen molar-refractivity contribution >= 4 is 26.9 Å². The Morgan fingerprint density at radius 1 is 1.33 bits per heavy atom. The number of fused-ring (bicyclic) bond motifs is 1. The maximum Gasteiger partial charge on any atom is 0.147 e. The van der Waals surface area contributed by atoms with Gasteiger partial charge in [0.15, 0.2) is 0 Å². The third-order valence-electron chi connectivity index (χ3n) is 1.66. The molecule has 0 atom stereocenters. The summed E-state index contributed by atoms with van der Waals surface area (Å²) in [7, 11) is 0. The highest BCUT2D eigenvalue weighted by Crippen LogP contribution is 2.23. The number of hydrogen-bond acceptors (Lipinski definition) is 1. The summed E-state index contributed by atoms with van der Waals surface area (Å²) in [5, 5.41) is 0.936. The first kappa shape index (κ1) is 7.80. The van der Waals surface area contributed by atoms with Crippen LogP contribution in [0.1, 0.15) is 5.76 Å². The normalized spacial score (nSPS) is 10.8. The van der Waals surface area contributed by atoms with Crippen LogP contribution in [0, 0.1) is 0 Å². The van der Waals surface area contributed by atoms with Crippen LogP contribution in [0.4, 0.5) is 4.39 Å². The zero-order valence-electron chi connectivity index (χ0n) is 6.18. The Labute approximate surface area is 77.3 Å². The van der Waals surface area contributed by atoms with E-state index in [-0.39, 0.29) is 0 Å². The Balaban J connectivity index is 2.67. The molecule has 62 valence electrons. The van der Waals surface area contributed by atoms with Gasteiger partial charge in [0, 0.05) is 9.86 Å². The molecule has 0 bridgehead atoms. The number of hydrogen-bond donors (Lipinski definition) is 0. The van der Waals surface area contributed by atoms with Gasteiger partial charge in [0.25, 0.3) is 0 Å². The molecule has 2 aromatic rings. The second-order valence-electron chi connectivity index (χ2n) is 2.53. The molecule has 0 N–H and O–H groups in total. The Morgan fingerprint density at radius 2 is 2.17 bits per heavy atom. The lowest BCUT2D eigenvalue weighted by atomic mass is 10.2. The molecule has 3 heteroatoms. The van der Waals surface area contributed by atoms with E-state index in [1.807, 2.05) is 18.2 Å². The third-order valence-corrected chi connectivity index (χ3v) is 2.16. The maximum absolute atomic E-state index is 12.2. The molecule has 0 aliphatic carbocycles. The molecule has 0 spiro atoms. The predicted octanol–water partition coefficient (Wildman–Crippen LogP) is 3.66. The minimum absolute atomic E-state index is 0.378. The summed E-state index contributed by atoms with van der Waals surface area (Å²) in [5.74, 6) is 0.378. The van der Waals surface area contributed by atoms with Gasteiger partial charge in [-0.2, -0.15) is 0 Å². The number of alkyl halides is 1. The van der Waals surface area contributed by atoms with Crippen molar-refractivity contribution in [2.75, 3.05) is 0 Å². The van der Waals surface area contributed by atoms with E-state index >= 15 is 0 Å². The van der Waals surface area contributed by atoms with Gasteiger partial charge in [-0.1, -0.05) is 15.9 Å². The predicted molar refractivity (Wildman–Crippen MR) is 48.7 cm³/mol. The van der Waals surface area contributed by atoms with E-state index in [1.165, 1.54) is 0 Å². The molecule has 1 aromatic heterocycles. The van der Waals surface area contributed by atoms with E-state index in [4.69, 9.17) is 4.42 Å². The summed E-state index contributed by atoms with van der Waals surface area (Å²) in [5.41, 5.74) is 0.719. The molecular weight excluding hydrogens is 223 g/mol. The number of furan rings is 1. The summed E-state index contributed by atoms with van der Waals surface area (Å²) >= 11 is 3.31. The Hall–Kier alpha value is -0.830. The molecular formula is C9H6BrFO. The molecule has 2 rings (SSSR count). The third kappa shape index (κ3) is 1.25. The van der Waals surface area contributed by atoms with Gasteiger partial charge < -0.3 is 4.42 Å². The number of benzene rings is 1. The van der Waals surface area contributed by atoms with Crippen LogP contribution >= 0.6 is 15.9 Å². The van der Waals surface area contributed by atoms with Crippen LogP contribution in [0.2, 0.25) is 0 Å². The molecule has 0 saturated heterocycles. The number of rotatable bonds is 1. The van der Waals surface area contributed by atoms with Crippen LogP contribution in [-0.2, 0) is 6.67 Å². The standard InChI is InChI=1S/C9H6BrFO/c10-7-2-1-6-3-8(5-11)12-9(6)4-7/h1-4H,5H2. The minimum atomic E-state index is -0.549. The fraction of sp³-hybridized carbons (Fsp3) is 0.111. The summed E-state index contributed by atoms with van der Waals surface area (Å²) < 4.78 is 18.3. The monoisotopic (exact) mass is 228 g/mol. The van der Waals surface area contributed by atoms with Crippen molar-refractivity contribution in [3.05, 3.63) is 34.5 Å². The number of halogens is 2. The van der Waals surface area contributed by atoms with Crippen LogP contribution in [0.5, 0.6) is 0 Å². The smallest absolute Gasteiger partial charge is 0.147 e. The first-order valence-corrected chi connectivity index (χ1v) is 4.33. The van der Waals surface area contributed by atoms with Crippen molar-refractivity contribution < 1.29 is 8.81 Å². The van der Waals surface area contributed by atoms with Crippen molar-refractivity contribution in [1.29, 1.82) is 0 Å². The van der Waals surface area contributed by atoms with Gasteiger partial charge in [-0.25, -0.2) is 4.39 Å². The Bertz CT molecular complexity index is 408. The average Bonchev–Trinajstić information content (AvgIpc) is 2.46. The highest BCUT2D eigenvalue weighted by molar-refractivity contribution is 9.10. The fourth-order valence-electron chi connectivity index (χ4n) is 1.13. The van der Waals surface area contributed by atoms with Crippen LogP contribution in [0.15, 0.2) is 33.2 Å². The van der Waals surface area contributed by atoms with Crippen molar-refractivity contribution in [1.82, 2.24) is 0 Å². The van der Waals surface area contributed by atoms with Crippen molar-refractivity contribution in [3.63, 3.8) is 0 Å². The lowest BCUT2D eigenvalue weighted by Gasteiger charge is -1.87. The van der Waals surface area contributed by atoms with E-state index in [1.54, 1.807) is 6.07 Å². The quantitative estimate of drug-likeness (QED) is 0.727. The molecule has 1 heterocycles. The van der Waals surface area contributed by atoms with Gasteiger partial charge in [0.05, 0.1) is 0 Å². The fourth-order valence-corrected chi connectivity index (χ4v) is 1.47. The Kier molecular flexibility index (Phi) is 1.89. The van der Waals surface area contributed by atoms with Gasteiger partial charge in [-0.15, -0.1) is 0 Å². The van der Waals surface area contributed by atoms with E-state index in [0.717, 1.165) is 15.4 Å². The summed E-state index contributed by atoms with van der Waals surface area (Å²) in [6, 6.07) is 7.33. The average molecular weight is 229 g/mol. The molecule has 0 fully saturated rings. The molecule has 0 amide bonds. The summed E-state index contributed by atoms with van der Waals surface area (Å²) in [6.45, 7) is -0.549. The van der Waals surface area contributed by atoms with Crippen molar-refractivity contribution in [2.24, 2.45) is 0 Å². The zero-order valence-corrected chi connectivity index (χ0v) is 7.77. The van der Waals surface area contributed by atoms with Crippen molar-refractivity contribution in [3.8, 4) is 0 Å². The van der Waals surface area contributed by atoms with Crippen LogP contribution in [0.25, 0.3) is 11.0 Å². The van der Waals surface area contributed by atoms with Crippen LogP contribution < -0.4 is 0 Å². The lowest BCUT2D eigenvalue weighted by Crippen LogP contribution is -1.64. The van der Waals surface area contributed by atoms with Gasteiger partial charge in [-0.05, 0) is 24.3 Å². The second-order valence-corrected chi connectivity index (χ2v) is 3.44. The maximum atomic E-state index is 12.2. The van der Waals surface area contributed by atoms with Crippen molar-refractivity contribution in [2.45, 2.75) is 6.67 Å². The molecule has 0 saturated carbocycles. The first-order valence-electron chi connectivity index (χ1n) is 3.53. The van der Waals surface area contributed by atoms with E-state index in [2.05, 4.69) is 15.9 Å². The largest absolute Gasteiger partial charge is 0.458 e. The SMILES string of the molecule is FCc1cc2ccc(Br)cc2o1.